The summed E-state index contributed by atoms with van der Waals surface area (Å²) in [6.07, 6.45) is 8.57. The SMILES string of the molecule is CC(C)(C)[Si](C)(C)OC1C[C@H](O)[C@H](CCCCCCCC(=O)O)[C@H]1CC[C@@H](O[Si](C)(C)C(C)(C)C)c1cc2ccccc2s1. The van der Waals surface area contributed by atoms with E-state index in [0.717, 1.165) is 57.8 Å². The molecule has 0 spiro atoms. The van der Waals surface area contributed by atoms with Crippen LogP contribution in [0.25, 0.3) is 10.1 Å². The average Bonchev–Trinajstić information content (AvgIpc) is 3.44. The zero-order valence-corrected chi connectivity index (χ0v) is 32.2. The zero-order valence-electron chi connectivity index (χ0n) is 29.4. The summed E-state index contributed by atoms with van der Waals surface area (Å²) >= 11 is 1.87. The van der Waals surface area contributed by atoms with Gasteiger partial charge in [-0.15, -0.1) is 11.3 Å². The molecule has 8 heteroatoms. The van der Waals surface area contributed by atoms with Crippen LogP contribution in [0.4, 0.5) is 0 Å². The van der Waals surface area contributed by atoms with Gasteiger partial charge in [-0.05, 0) is 97.7 Å². The Morgan fingerprint density at radius 1 is 0.909 bits per heavy atom. The van der Waals surface area contributed by atoms with Crippen molar-refractivity contribution in [1.82, 2.24) is 0 Å². The molecule has 2 aromatic rings. The summed E-state index contributed by atoms with van der Waals surface area (Å²) < 4.78 is 15.6. The van der Waals surface area contributed by atoms with E-state index in [0.29, 0.717) is 5.92 Å². The van der Waals surface area contributed by atoms with Crippen molar-refractivity contribution in [2.24, 2.45) is 11.8 Å². The molecule has 1 heterocycles. The van der Waals surface area contributed by atoms with Crippen LogP contribution in [0.5, 0.6) is 0 Å². The highest BCUT2D eigenvalue weighted by atomic mass is 32.1. The van der Waals surface area contributed by atoms with Crippen molar-refractivity contribution < 1.29 is 23.9 Å². The molecule has 0 amide bonds. The normalized spacial score (nSPS) is 22.5. The summed E-state index contributed by atoms with van der Waals surface area (Å²) in [6, 6.07) is 11.0. The van der Waals surface area contributed by atoms with Gasteiger partial charge in [-0.3, -0.25) is 4.79 Å². The maximum Gasteiger partial charge on any atom is 0.303 e. The number of unbranched alkanes of at least 4 members (excludes halogenated alkanes) is 4. The topological polar surface area (TPSA) is 76.0 Å². The van der Waals surface area contributed by atoms with E-state index in [-0.39, 0.29) is 40.7 Å². The first-order chi connectivity index (χ1) is 20.3. The smallest absolute Gasteiger partial charge is 0.303 e. The number of aliphatic carboxylic acids is 1. The van der Waals surface area contributed by atoms with Gasteiger partial charge in [0.05, 0.1) is 18.3 Å². The minimum absolute atomic E-state index is 0.0365. The molecule has 1 aliphatic rings. The minimum Gasteiger partial charge on any atom is -0.481 e. The van der Waals surface area contributed by atoms with Crippen LogP contribution in [-0.2, 0) is 13.6 Å². The summed E-state index contributed by atoms with van der Waals surface area (Å²) in [5.41, 5.74) is 0. The van der Waals surface area contributed by atoms with Crippen LogP contribution < -0.4 is 0 Å². The lowest BCUT2D eigenvalue weighted by molar-refractivity contribution is -0.137. The number of fused-ring (bicyclic) bond motifs is 1. The quantitative estimate of drug-likeness (QED) is 0.138. The standard InChI is InChI=1S/C36H62O5SSi2/c1-35(2,3)43(7,8)40-30(33-24-26-18-16-17-20-32(26)42-33)23-22-28-27(19-14-12-11-13-15-21-34(38)39)29(37)25-31(28)41-44(9,10)36(4,5)6/h16-18,20,24,27-31,37H,11-15,19,21-23,25H2,1-10H3,(H,38,39)/t27-,28-,29+,30-,31?/m1/s1. The molecule has 1 aromatic carbocycles. The van der Waals surface area contributed by atoms with Crippen LogP contribution in [0, 0.1) is 11.8 Å². The molecule has 1 saturated carbocycles. The molecule has 1 aromatic heterocycles. The molecule has 3 rings (SSSR count). The van der Waals surface area contributed by atoms with Gasteiger partial charge in [-0.1, -0.05) is 85.4 Å². The van der Waals surface area contributed by atoms with Crippen LogP contribution in [0.3, 0.4) is 0 Å². The fourth-order valence-corrected chi connectivity index (χ4v) is 10.0. The van der Waals surface area contributed by atoms with Crippen LogP contribution in [0.2, 0.25) is 36.3 Å². The summed E-state index contributed by atoms with van der Waals surface area (Å²) in [5.74, 6) is -0.188. The molecule has 0 aliphatic heterocycles. The first-order valence-corrected chi connectivity index (χ1v) is 23.7. The number of carboxylic acids is 1. The third kappa shape index (κ3) is 9.98. The van der Waals surface area contributed by atoms with Gasteiger partial charge in [0.15, 0.2) is 16.6 Å². The van der Waals surface area contributed by atoms with E-state index in [1.54, 1.807) is 0 Å². The average molecular weight is 663 g/mol. The maximum atomic E-state index is 11.4. The number of carboxylic acid groups (broad SMARTS) is 1. The lowest BCUT2D eigenvalue weighted by Gasteiger charge is -2.41. The third-order valence-corrected chi connectivity index (χ3v) is 21.1. The Morgan fingerprint density at radius 3 is 2.14 bits per heavy atom. The first-order valence-electron chi connectivity index (χ1n) is 17.1. The number of aliphatic hydroxyl groups excluding tert-OH is 1. The van der Waals surface area contributed by atoms with Gasteiger partial charge in [-0.25, -0.2) is 0 Å². The van der Waals surface area contributed by atoms with E-state index < -0.39 is 22.6 Å². The van der Waals surface area contributed by atoms with E-state index in [4.69, 9.17) is 14.0 Å². The second kappa shape index (κ2) is 15.2. The van der Waals surface area contributed by atoms with Crippen molar-refractivity contribution in [3.8, 4) is 0 Å². The molecule has 1 unspecified atom stereocenters. The van der Waals surface area contributed by atoms with Crippen molar-refractivity contribution in [1.29, 1.82) is 0 Å². The van der Waals surface area contributed by atoms with Gasteiger partial charge in [0.1, 0.15) is 0 Å². The monoisotopic (exact) mass is 662 g/mol. The van der Waals surface area contributed by atoms with E-state index in [9.17, 15) is 9.90 Å². The van der Waals surface area contributed by atoms with Crippen LogP contribution in [0.1, 0.15) is 117 Å². The highest BCUT2D eigenvalue weighted by Gasteiger charge is 2.48. The molecule has 0 saturated heterocycles. The molecular formula is C36H62O5SSi2. The van der Waals surface area contributed by atoms with Gasteiger partial charge >= 0.3 is 5.97 Å². The molecule has 250 valence electrons. The Labute approximate surface area is 274 Å². The summed E-state index contributed by atoms with van der Waals surface area (Å²) in [6.45, 7) is 23.2. The number of carbonyl (C=O) groups is 1. The van der Waals surface area contributed by atoms with E-state index in [2.05, 4.69) is 98.1 Å². The molecule has 2 N–H and O–H groups in total. The second-order valence-electron chi connectivity index (χ2n) is 16.4. The number of hydrogen-bond acceptors (Lipinski definition) is 5. The first kappa shape index (κ1) is 37.4. The number of hydrogen-bond donors (Lipinski definition) is 2. The van der Waals surface area contributed by atoms with Gasteiger partial charge in [0.2, 0.25) is 0 Å². The number of rotatable bonds is 16. The Morgan fingerprint density at radius 2 is 1.52 bits per heavy atom. The molecule has 0 radical (unpaired) electrons. The Kier molecular flexibility index (Phi) is 13.0. The number of thiophene rings is 1. The fourth-order valence-electron chi connectivity index (χ4n) is 6.13. The van der Waals surface area contributed by atoms with Crippen LogP contribution in [0.15, 0.2) is 30.3 Å². The van der Waals surface area contributed by atoms with Crippen molar-refractivity contribution in [2.75, 3.05) is 0 Å². The highest BCUT2D eigenvalue weighted by Crippen LogP contribution is 2.48. The largest absolute Gasteiger partial charge is 0.481 e. The van der Waals surface area contributed by atoms with Crippen molar-refractivity contribution in [3.05, 3.63) is 35.2 Å². The summed E-state index contributed by atoms with van der Waals surface area (Å²) in [7, 11) is -4.06. The van der Waals surface area contributed by atoms with Crippen LogP contribution >= 0.6 is 11.3 Å². The van der Waals surface area contributed by atoms with E-state index >= 15 is 0 Å². The Hall–Kier alpha value is -1.04. The number of aliphatic hydroxyl groups is 1. The van der Waals surface area contributed by atoms with Gasteiger partial charge in [0.25, 0.3) is 0 Å². The van der Waals surface area contributed by atoms with Crippen molar-refractivity contribution in [2.45, 2.75) is 160 Å². The Bertz CT molecular complexity index is 1160. The zero-order chi connectivity index (χ0) is 32.9. The summed E-state index contributed by atoms with van der Waals surface area (Å²) in [5, 5.41) is 21.9. The molecule has 1 aliphatic carbocycles. The van der Waals surface area contributed by atoms with E-state index in [1.165, 1.54) is 15.0 Å². The van der Waals surface area contributed by atoms with Crippen molar-refractivity contribution in [3.63, 3.8) is 0 Å². The third-order valence-electron chi connectivity index (χ3n) is 10.9. The predicted octanol–water partition coefficient (Wildman–Crippen LogP) is 10.9. The van der Waals surface area contributed by atoms with Gasteiger partial charge in [0, 0.05) is 16.0 Å². The summed E-state index contributed by atoms with van der Waals surface area (Å²) in [4.78, 5) is 12.2. The predicted molar refractivity (Wildman–Crippen MR) is 192 cm³/mol. The molecule has 0 bridgehead atoms. The van der Waals surface area contributed by atoms with Gasteiger partial charge < -0.3 is 19.1 Å². The fraction of sp³-hybridized carbons (Fsp3) is 0.750. The number of benzene rings is 1. The maximum absolute atomic E-state index is 11.4. The molecule has 5 nitrogen and oxygen atoms in total. The minimum atomic E-state index is -2.04. The second-order valence-corrected chi connectivity index (χ2v) is 27.0. The molecule has 5 atom stereocenters. The van der Waals surface area contributed by atoms with Crippen molar-refractivity contribution >= 4 is 44.0 Å². The van der Waals surface area contributed by atoms with Gasteiger partial charge in [-0.2, -0.15) is 0 Å². The van der Waals surface area contributed by atoms with E-state index in [1.807, 2.05) is 11.3 Å². The Balaban J connectivity index is 1.82. The highest BCUT2D eigenvalue weighted by molar-refractivity contribution is 7.19. The lowest BCUT2D eigenvalue weighted by atomic mass is 9.84. The lowest BCUT2D eigenvalue weighted by Crippen LogP contribution is -2.45. The molecule has 1 fully saturated rings. The van der Waals surface area contributed by atoms with Crippen LogP contribution in [-0.4, -0.2) is 45.0 Å². The molecule has 44 heavy (non-hydrogen) atoms. The molecular weight excluding hydrogens is 601 g/mol.